The lowest BCUT2D eigenvalue weighted by atomic mass is 10.2. The Balaban J connectivity index is 1.98. The minimum Gasteiger partial charge on any atom is -0.346 e. The molecule has 5 heteroatoms. The maximum Gasteiger partial charge on any atom is 0.251 e. The summed E-state index contributed by atoms with van der Waals surface area (Å²) >= 11 is 0. The van der Waals surface area contributed by atoms with Gasteiger partial charge in [0.15, 0.2) is 0 Å². The Morgan fingerprint density at radius 2 is 2.31 bits per heavy atom. The van der Waals surface area contributed by atoms with Crippen LogP contribution >= 0.6 is 0 Å². The summed E-state index contributed by atoms with van der Waals surface area (Å²) in [5.74, 6) is -0.111. The molecule has 0 aromatic carbocycles. The van der Waals surface area contributed by atoms with Crippen molar-refractivity contribution in [2.75, 3.05) is 0 Å². The summed E-state index contributed by atoms with van der Waals surface area (Å²) in [6.45, 7) is 2.30. The largest absolute Gasteiger partial charge is 0.346 e. The standard InChI is InChI=1S/C11H12N4O/c1-8-6-9(2-4-12-8)11(16)13-7-10-3-5-14-15-10/h2-6H,7H2,1H3,(H,13,16)(H,14,15). The van der Waals surface area contributed by atoms with E-state index in [1.165, 1.54) is 0 Å². The molecule has 0 fully saturated rings. The van der Waals surface area contributed by atoms with Crippen LogP contribution in [-0.2, 0) is 6.54 Å². The van der Waals surface area contributed by atoms with Gasteiger partial charge in [-0.25, -0.2) is 0 Å². The van der Waals surface area contributed by atoms with Gasteiger partial charge in [0.1, 0.15) is 0 Å². The lowest BCUT2D eigenvalue weighted by Gasteiger charge is -2.03. The van der Waals surface area contributed by atoms with Gasteiger partial charge in [0, 0.05) is 23.7 Å². The van der Waals surface area contributed by atoms with Crippen LogP contribution in [0.15, 0.2) is 30.6 Å². The van der Waals surface area contributed by atoms with E-state index in [1.807, 2.05) is 13.0 Å². The van der Waals surface area contributed by atoms with Gasteiger partial charge in [-0.15, -0.1) is 0 Å². The molecule has 0 atom stereocenters. The molecule has 2 heterocycles. The second-order valence-corrected chi connectivity index (χ2v) is 3.45. The number of aryl methyl sites for hydroxylation is 1. The van der Waals surface area contributed by atoms with Crippen LogP contribution < -0.4 is 5.32 Å². The number of pyridine rings is 1. The minimum atomic E-state index is -0.111. The number of aromatic amines is 1. The van der Waals surface area contributed by atoms with E-state index in [1.54, 1.807) is 24.5 Å². The summed E-state index contributed by atoms with van der Waals surface area (Å²) in [5, 5.41) is 9.37. The number of hydrogen-bond acceptors (Lipinski definition) is 3. The third-order valence-corrected chi connectivity index (χ3v) is 2.16. The zero-order valence-electron chi connectivity index (χ0n) is 8.90. The first-order valence-electron chi connectivity index (χ1n) is 4.95. The molecule has 82 valence electrons. The molecule has 2 aromatic heterocycles. The summed E-state index contributed by atoms with van der Waals surface area (Å²) in [4.78, 5) is 15.8. The molecule has 2 rings (SSSR count). The van der Waals surface area contributed by atoms with Gasteiger partial charge in [0.25, 0.3) is 5.91 Å². The molecule has 16 heavy (non-hydrogen) atoms. The monoisotopic (exact) mass is 216 g/mol. The molecule has 0 aliphatic carbocycles. The van der Waals surface area contributed by atoms with Crippen molar-refractivity contribution < 1.29 is 4.79 Å². The summed E-state index contributed by atoms with van der Waals surface area (Å²) in [6.07, 6.45) is 3.28. The van der Waals surface area contributed by atoms with Crippen LogP contribution in [0.5, 0.6) is 0 Å². The molecule has 0 aliphatic heterocycles. The topological polar surface area (TPSA) is 70.7 Å². The molecular weight excluding hydrogens is 204 g/mol. The molecule has 0 aliphatic rings. The highest BCUT2D eigenvalue weighted by Gasteiger charge is 2.05. The molecule has 2 N–H and O–H groups in total. The number of carbonyl (C=O) groups excluding carboxylic acids is 1. The summed E-state index contributed by atoms with van der Waals surface area (Å²) in [5.41, 5.74) is 2.32. The molecule has 0 spiro atoms. The Labute approximate surface area is 92.9 Å². The van der Waals surface area contributed by atoms with E-state index in [0.717, 1.165) is 11.4 Å². The molecule has 5 nitrogen and oxygen atoms in total. The molecule has 0 saturated carbocycles. The van der Waals surface area contributed by atoms with Gasteiger partial charge in [-0.1, -0.05) is 0 Å². The highest BCUT2D eigenvalue weighted by molar-refractivity contribution is 5.94. The number of nitrogens with zero attached hydrogens (tertiary/aromatic N) is 2. The van der Waals surface area contributed by atoms with Gasteiger partial charge in [-0.2, -0.15) is 5.10 Å². The number of aromatic nitrogens is 3. The van der Waals surface area contributed by atoms with Crippen molar-refractivity contribution in [3.8, 4) is 0 Å². The quantitative estimate of drug-likeness (QED) is 0.805. The molecule has 0 radical (unpaired) electrons. The normalized spacial score (nSPS) is 10.1. The van der Waals surface area contributed by atoms with Gasteiger partial charge in [-0.3, -0.25) is 14.9 Å². The first-order valence-corrected chi connectivity index (χ1v) is 4.95. The van der Waals surface area contributed by atoms with E-state index in [0.29, 0.717) is 12.1 Å². The van der Waals surface area contributed by atoms with Crippen LogP contribution in [0.3, 0.4) is 0 Å². The average Bonchev–Trinajstić information content (AvgIpc) is 2.78. The molecular formula is C11H12N4O. The van der Waals surface area contributed by atoms with Crippen molar-refractivity contribution in [1.29, 1.82) is 0 Å². The van der Waals surface area contributed by atoms with Gasteiger partial charge >= 0.3 is 0 Å². The van der Waals surface area contributed by atoms with E-state index >= 15 is 0 Å². The number of carbonyl (C=O) groups is 1. The van der Waals surface area contributed by atoms with Crippen LogP contribution in [0.4, 0.5) is 0 Å². The molecule has 2 aromatic rings. The molecule has 0 unspecified atom stereocenters. The number of rotatable bonds is 3. The smallest absolute Gasteiger partial charge is 0.251 e. The van der Waals surface area contributed by atoms with Crippen LogP contribution in [0.25, 0.3) is 0 Å². The second-order valence-electron chi connectivity index (χ2n) is 3.45. The number of hydrogen-bond donors (Lipinski definition) is 2. The van der Waals surface area contributed by atoms with Crippen LogP contribution in [-0.4, -0.2) is 21.1 Å². The third-order valence-electron chi connectivity index (χ3n) is 2.16. The summed E-state index contributed by atoms with van der Waals surface area (Å²) in [6, 6.07) is 5.26. The highest BCUT2D eigenvalue weighted by atomic mass is 16.1. The van der Waals surface area contributed by atoms with Gasteiger partial charge in [0.2, 0.25) is 0 Å². The SMILES string of the molecule is Cc1cc(C(=O)NCc2ccn[nH]2)ccn1. The Bertz CT molecular complexity index is 478. The Morgan fingerprint density at radius 3 is 3.00 bits per heavy atom. The summed E-state index contributed by atoms with van der Waals surface area (Å²) in [7, 11) is 0. The van der Waals surface area contributed by atoms with Crippen molar-refractivity contribution in [3.63, 3.8) is 0 Å². The van der Waals surface area contributed by atoms with Gasteiger partial charge < -0.3 is 5.32 Å². The predicted molar refractivity (Wildman–Crippen MR) is 58.7 cm³/mol. The maximum atomic E-state index is 11.7. The number of H-pyrrole nitrogens is 1. The van der Waals surface area contributed by atoms with Crippen molar-refractivity contribution in [1.82, 2.24) is 20.5 Å². The van der Waals surface area contributed by atoms with Gasteiger partial charge in [0.05, 0.1) is 12.2 Å². The third kappa shape index (κ3) is 2.44. The Hall–Kier alpha value is -2.17. The molecule has 1 amide bonds. The first-order chi connectivity index (χ1) is 7.75. The lowest BCUT2D eigenvalue weighted by molar-refractivity contribution is 0.0950. The lowest BCUT2D eigenvalue weighted by Crippen LogP contribution is -2.23. The summed E-state index contributed by atoms with van der Waals surface area (Å²) < 4.78 is 0. The second kappa shape index (κ2) is 4.57. The predicted octanol–water partition coefficient (Wildman–Crippen LogP) is 1.04. The van der Waals surface area contributed by atoms with E-state index in [9.17, 15) is 4.79 Å². The Kier molecular flexibility index (Phi) is 2.95. The van der Waals surface area contributed by atoms with Crippen LogP contribution in [0.2, 0.25) is 0 Å². The van der Waals surface area contributed by atoms with Crippen molar-refractivity contribution in [2.24, 2.45) is 0 Å². The first kappa shape index (κ1) is 10.4. The zero-order chi connectivity index (χ0) is 11.4. The molecule has 0 bridgehead atoms. The fraction of sp³-hybridized carbons (Fsp3) is 0.182. The number of nitrogens with one attached hydrogen (secondary N) is 2. The van der Waals surface area contributed by atoms with Crippen molar-refractivity contribution in [3.05, 3.63) is 47.5 Å². The highest BCUT2D eigenvalue weighted by Crippen LogP contribution is 2.01. The number of amides is 1. The van der Waals surface area contributed by atoms with Crippen LogP contribution in [0.1, 0.15) is 21.7 Å². The van der Waals surface area contributed by atoms with E-state index in [4.69, 9.17) is 0 Å². The van der Waals surface area contributed by atoms with Crippen molar-refractivity contribution >= 4 is 5.91 Å². The fourth-order valence-electron chi connectivity index (χ4n) is 1.35. The average molecular weight is 216 g/mol. The van der Waals surface area contributed by atoms with E-state index < -0.39 is 0 Å². The fourth-order valence-corrected chi connectivity index (χ4v) is 1.35. The van der Waals surface area contributed by atoms with Crippen molar-refractivity contribution in [2.45, 2.75) is 13.5 Å². The van der Waals surface area contributed by atoms with E-state index in [2.05, 4.69) is 20.5 Å². The van der Waals surface area contributed by atoms with E-state index in [-0.39, 0.29) is 5.91 Å². The minimum absolute atomic E-state index is 0.111. The Morgan fingerprint density at radius 1 is 1.44 bits per heavy atom. The van der Waals surface area contributed by atoms with Gasteiger partial charge in [-0.05, 0) is 25.1 Å². The van der Waals surface area contributed by atoms with Crippen LogP contribution in [0, 0.1) is 6.92 Å². The maximum absolute atomic E-state index is 11.7. The molecule has 0 saturated heterocycles. The zero-order valence-corrected chi connectivity index (χ0v) is 8.90.